The van der Waals surface area contributed by atoms with Crippen LogP contribution in [0, 0.1) is 0 Å². The van der Waals surface area contributed by atoms with Crippen molar-refractivity contribution in [1.29, 1.82) is 0 Å². The minimum Gasteiger partial charge on any atom is -0.324 e. The van der Waals surface area contributed by atoms with E-state index in [1.165, 1.54) is 0 Å². The number of anilines is 2. The quantitative estimate of drug-likeness (QED) is 0.880. The van der Waals surface area contributed by atoms with Gasteiger partial charge in [0.2, 0.25) is 0 Å². The van der Waals surface area contributed by atoms with Crippen LogP contribution in [0.2, 0.25) is 0 Å². The van der Waals surface area contributed by atoms with Crippen molar-refractivity contribution < 1.29 is 0 Å². The van der Waals surface area contributed by atoms with Crippen molar-refractivity contribution >= 4 is 11.6 Å². The van der Waals surface area contributed by atoms with E-state index in [0.29, 0.717) is 5.92 Å². The van der Waals surface area contributed by atoms with Crippen molar-refractivity contribution in [2.24, 2.45) is 0 Å². The van der Waals surface area contributed by atoms with Crippen LogP contribution in [0.5, 0.6) is 0 Å². The molecule has 0 spiro atoms. The molecule has 5 heteroatoms. The summed E-state index contributed by atoms with van der Waals surface area (Å²) in [4.78, 5) is 0. The second-order valence-corrected chi connectivity index (χ2v) is 4.56. The van der Waals surface area contributed by atoms with Gasteiger partial charge in [-0.05, 0) is 24.5 Å². The SMILES string of the molecule is CCCn1nccc1Nc1ccc(C(C)C)nn1. The number of hydrogen-bond donors (Lipinski definition) is 1. The van der Waals surface area contributed by atoms with Gasteiger partial charge < -0.3 is 5.32 Å². The fourth-order valence-corrected chi connectivity index (χ4v) is 1.68. The minimum absolute atomic E-state index is 0.400. The molecule has 18 heavy (non-hydrogen) atoms. The molecule has 0 aliphatic carbocycles. The van der Waals surface area contributed by atoms with Gasteiger partial charge >= 0.3 is 0 Å². The van der Waals surface area contributed by atoms with E-state index < -0.39 is 0 Å². The highest BCUT2D eigenvalue weighted by atomic mass is 15.3. The van der Waals surface area contributed by atoms with Crippen molar-refractivity contribution in [2.75, 3.05) is 5.32 Å². The molecule has 0 unspecified atom stereocenters. The maximum absolute atomic E-state index is 4.25. The van der Waals surface area contributed by atoms with Gasteiger partial charge in [-0.3, -0.25) is 0 Å². The summed E-state index contributed by atoms with van der Waals surface area (Å²) in [6.45, 7) is 7.23. The zero-order valence-electron chi connectivity index (χ0n) is 11.1. The molecular weight excluding hydrogens is 226 g/mol. The van der Waals surface area contributed by atoms with Gasteiger partial charge in [-0.2, -0.15) is 10.2 Å². The molecule has 1 N–H and O–H groups in total. The predicted molar refractivity (Wildman–Crippen MR) is 71.9 cm³/mol. The van der Waals surface area contributed by atoms with Gasteiger partial charge in [0.15, 0.2) is 5.82 Å². The summed E-state index contributed by atoms with van der Waals surface area (Å²) in [7, 11) is 0. The number of aromatic nitrogens is 4. The summed E-state index contributed by atoms with van der Waals surface area (Å²) in [6.07, 6.45) is 2.84. The molecule has 2 aromatic heterocycles. The Morgan fingerprint density at radius 3 is 2.67 bits per heavy atom. The number of rotatable bonds is 5. The summed E-state index contributed by atoms with van der Waals surface area (Å²) in [5.41, 5.74) is 1.00. The molecule has 2 heterocycles. The molecular formula is C13H19N5. The molecule has 0 atom stereocenters. The van der Waals surface area contributed by atoms with E-state index in [1.807, 2.05) is 22.9 Å². The molecule has 0 aliphatic heterocycles. The van der Waals surface area contributed by atoms with Crippen molar-refractivity contribution in [3.8, 4) is 0 Å². The Kier molecular flexibility index (Phi) is 3.92. The standard InChI is InChI=1S/C13H19N5/c1-4-9-18-13(7-8-14-18)15-12-6-5-11(10(2)3)16-17-12/h5-8,10H,4,9H2,1-3H3,(H,15,17). The first-order valence-electron chi connectivity index (χ1n) is 6.33. The van der Waals surface area contributed by atoms with E-state index in [1.54, 1.807) is 6.20 Å². The molecule has 0 aromatic carbocycles. The molecule has 0 radical (unpaired) electrons. The van der Waals surface area contributed by atoms with Crippen LogP contribution < -0.4 is 5.32 Å². The van der Waals surface area contributed by atoms with Crippen molar-refractivity contribution in [2.45, 2.75) is 39.7 Å². The van der Waals surface area contributed by atoms with Gasteiger partial charge in [0, 0.05) is 12.6 Å². The van der Waals surface area contributed by atoms with E-state index in [0.717, 1.165) is 30.3 Å². The molecule has 2 aromatic rings. The van der Waals surface area contributed by atoms with Gasteiger partial charge in [-0.15, -0.1) is 5.10 Å². The van der Waals surface area contributed by atoms with Crippen LogP contribution in [-0.4, -0.2) is 20.0 Å². The molecule has 0 saturated carbocycles. The zero-order chi connectivity index (χ0) is 13.0. The maximum Gasteiger partial charge on any atom is 0.154 e. The largest absolute Gasteiger partial charge is 0.324 e. The maximum atomic E-state index is 4.25. The van der Waals surface area contributed by atoms with E-state index in [-0.39, 0.29) is 0 Å². The molecule has 0 fully saturated rings. The summed E-state index contributed by atoms with van der Waals surface area (Å²) in [5, 5.41) is 15.9. The highest BCUT2D eigenvalue weighted by Crippen LogP contribution is 2.16. The Hall–Kier alpha value is -1.91. The topological polar surface area (TPSA) is 55.6 Å². The van der Waals surface area contributed by atoms with Gasteiger partial charge in [0.25, 0.3) is 0 Å². The average molecular weight is 245 g/mol. The van der Waals surface area contributed by atoms with E-state index in [9.17, 15) is 0 Å². The van der Waals surface area contributed by atoms with Crippen LogP contribution in [0.3, 0.4) is 0 Å². The van der Waals surface area contributed by atoms with E-state index in [2.05, 4.69) is 41.4 Å². The Labute approximate surface area is 107 Å². The lowest BCUT2D eigenvalue weighted by Gasteiger charge is -2.09. The van der Waals surface area contributed by atoms with Crippen LogP contribution in [0.1, 0.15) is 38.8 Å². The van der Waals surface area contributed by atoms with Gasteiger partial charge in [0.1, 0.15) is 5.82 Å². The van der Waals surface area contributed by atoms with Gasteiger partial charge in [-0.25, -0.2) is 4.68 Å². The van der Waals surface area contributed by atoms with Crippen molar-refractivity contribution in [1.82, 2.24) is 20.0 Å². The zero-order valence-corrected chi connectivity index (χ0v) is 11.1. The Morgan fingerprint density at radius 1 is 1.22 bits per heavy atom. The predicted octanol–water partition coefficient (Wildman–Crippen LogP) is 2.95. The molecule has 96 valence electrons. The van der Waals surface area contributed by atoms with Crippen molar-refractivity contribution in [3.05, 3.63) is 30.1 Å². The first-order valence-corrected chi connectivity index (χ1v) is 6.33. The minimum atomic E-state index is 0.400. The van der Waals surface area contributed by atoms with Crippen LogP contribution in [0.25, 0.3) is 0 Å². The summed E-state index contributed by atoms with van der Waals surface area (Å²) >= 11 is 0. The van der Waals surface area contributed by atoms with Crippen LogP contribution in [0.15, 0.2) is 24.4 Å². The van der Waals surface area contributed by atoms with Crippen molar-refractivity contribution in [3.63, 3.8) is 0 Å². The summed E-state index contributed by atoms with van der Waals surface area (Å²) in [6, 6.07) is 5.89. The van der Waals surface area contributed by atoms with Gasteiger partial charge in [-0.1, -0.05) is 20.8 Å². The molecule has 0 bridgehead atoms. The second-order valence-electron chi connectivity index (χ2n) is 4.56. The molecule has 5 nitrogen and oxygen atoms in total. The first-order chi connectivity index (χ1) is 8.70. The fraction of sp³-hybridized carbons (Fsp3) is 0.462. The normalized spacial score (nSPS) is 10.9. The fourth-order valence-electron chi connectivity index (χ4n) is 1.68. The van der Waals surface area contributed by atoms with E-state index in [4.69, 9.17) is 0 Å². The number of hydrogen-bond acceptors (Lipinski definition) is 4. The molecule has 0 saturated heterocycles. The number of aryl methyl sites for hydroxylation is 1. The monoisotopic (exact) mass is 245 g/mol. The average Bonchev–Trinajstić information content (AvgIpc) is 2.78. The molecule has 0 amide bonds. The smallest absolute Gasteiger partial charge is 0.154 e. The van der Waals surface area contributed by atoms with Crippen LogP contribution in [-0.2, 0) is 6.54 Å². The molecule has 0 aliphatic rings. The Balaban J connectivity index is 2.11. The van der Waals surface area contributed by atoms with Crippen LogP contribution in [0.4, 0.5) is 11.6 Å². The highest BCUT2D eigenvalue weighted by molar-refractivity contribution is 5.50. The number of nitrogens with one attached hydrogen (secondary N) is 1. The highest BCUT2D eigenvalue weighted by Gasteiger charge is 2.05. The third kappa shape index (κ3) is 2.85. The summed E-state index contributed by atoms with van der Waals surface area (Å²) < 4.78 is 1.93. The lowest BCUT2D eigenvalue weighted by molar-refractivity contribution is 0.610. The molecule has 2 rings (SSSR count). The Morgan fingerprint density at radius 2 is 2.06 bits per heavy atom. The summed E-state index contributed by atoms with van der Waals surface area (Å²) in [5.74, 6) is 2.10. The lowest BCUT2D eigenvalue weighted by Crippen LogP contribution is -2.06. The van der Waals surface area contributed by atoms with Gasteiger partial charge in [0.05, 0.1) is 11.9 Å². The van der Waals surface area contributed by atoms with Crippen LogP contribution >= 0.6 is 0 Å². The first kappa shape index (κ1) is 12.5. The number of nitrogens with zero attached hydrogens (tertiary/aromatic N) is 4. The second kappa shape index (κ2) is 5.62. The van der Waals surface area contributed by atoms with E-state index >= 15 is 0 Å². The lowest BCUT2D eigenvalue weighted by atomic mass is 10.1. The third-order valence-electron chi connectivity index (χ3n) is 2.68. The third-order valence-corrected chi connectivity index (χ3v) is 2.68. The Bertz CT molecular complexity index is 486.